The molecule has 2 N–H and O–H groups in total. The number of thiophene rings is 1. The topological polar surface area (TPSA) is 93.8 Å². The van der Waals surface area contributed by atoms with E-state index in [4.69, 9.17) is 14.0 Å². The summed E-state index contributed by atoms with van der Waals surface area (Å²) in [6.45, 7) is 4.14. The lowest BCUT2D eigenvalue weighted by Gasteiger charge is -2.14. The molecule has 0 saturated heterocycles. The molecule has 1 aromatic carbocycles. The molecule has 3 heterocycles. The number of hydrogen-bond acceptors (Lipinski definition) is 7. The van der Waals surface area contributed by atoms with Gasteiger partial charge in [0.15, 0.2) is 23.3 Å². The van der Waals surface area contributed by atoms with Crippen LogP contribution in [0.2, 0.25) is 0 Å². The van der Waals surface area contributed by atoms with Crippen LogP contribution in [0.5, 0.6) is 11.5 Å². The first kappa shape index (κ1) is 19.3. The van der Waals surface area contributed by atoms with Crippen molar-refractivity contribution < 1.29 is 14.0 Å². The van der Waals surface area contributed by atoms with E-state index in [2.05, 4.69) is 43.3 Å². The number of hydrogen-bond donors (Lipinski definition) is 2. The van der Waals surface area contributed by atoms with E-state index in [-0.39, 0.29) is 0 Å². The quantitative estimate of drug-likeness (QED) is 0.472. The lowest BCUT2D eigenvalue weighted by Crippen LogP contribution is -2.32. The normalized spacial score (nSPS) is 13.8. The molecule has 3 aromatic rings. The zero-order valence-corrected chi connectivity index (χ0v) is 17.0. The molecule has 4 rings (SSSR count). The Hall–Kier alpha value is -3.07. The van der Waals surface area contributed by atoms with Crippen molar-refractivity contribution in [2.24, 2.45) is 4.99 Å². The van der Waals surface area contributed by atoms with Crippen molar-refractivity contribution in [3.8, 4) is 11.5 Å². The minimum absolute atomic E-state index is 0.291. The van der Waals surface area contributed by atoms with Crippen LogP contribution in [0.15, 0.2) is 45.2 Å². The predicted octanol–water partition coefficient (Wildman–Crippen LogP) is 3.40. The molecule has 2 aromatic heterocycles. The van der Waals surface area contributed by atoms with Gasteiger partial charge in [-0.25, -0.2) is 4.99 Å². The fourth-order valence-corrected chi connectivity index (χ4v) is 3.54. The largest absolute Gasteiger partial charge is 0.490 e. The van der Waals surface area contributed by atoms with E-state index in [1.807, 2.05) is 18.2 Å². The van der Waals surface area contributed by atoms with E-state index in [0.29, 0.717) is 37.4 Å². The summed E-state index contributed by atoms with van der Waals surface area (Å²) in [6, 6.07) is 9.97. The standard InChI is InChI=1S/C20H23N5O3S/c1-14-23-19(28-25-14)13-22-20(21-8-7-16-4-2-11-29-16)24-15-5-6-17-18(12-15)27-10-3-9-26-17/h2,4-6,11-12H,3,7-10,13H2,1H3,(H2,21,22,24). The van der Waals surface area contributed by atoms with Crippen molar-refractivity contribution in [1.29, 1.82) is 0 Å². The highest BCUT2D eigenvalue weighted by Gasteiger charge is 2.12. The van der Waals surface area contributed by atoms with Crippen LogP contribution in [0.25, 0.3) is 0 Å². The van der Waals surface area contributed by atoms with Gasteiger partial charge in [-0.1, -0.05) is 11.2 Å². The van der Waals surface area contributed by atoms with E-state index >= 15 is 0 Å². The Kier molecular flexibility index (Phi) is 6.25. The van der Waals surface area contributed by atoms with Crippen molar-refractivity contribution in [2.45, 2.75) is 26.3 Å². The zero-order valence-electron chi connectivity index (χ0n) is 16.2. The average molecular weight is 414 g/mol. The molecule has 152 valence electrons. The number of nitrogens with one attached hydrogen (secondary N) is 2. The minimum Gasteiger partial charge on any atom is -0.490 e. The lowest BCUT2D eigenvalue weighted by atomic mass is 10.2. The number of aliphatic imine (C=N–C) groups is 1. The molecule has 0 radical (unpaired) electrons. The SMILES string of the molecule is Cc1noc(CN=C(NCCc2cccs2)Nc2ccc3c(c2)OCCCO3)n1. The smallest absolute Gasteiger partial charge is 0.248 e. The summed E-state index contributed by atoms with van der Waals surface area (Å²) < 4.78 is 16.6. The monoisotopic (exact) mass is 413 g/mol. The van der Waals surface area contributed by atoms with E-state index in [0.717, 1.165) is 36.6 Å². The molecule has 0 atom stereocenters. The van der Waals surface area contributed by atoms with Crippen molar-refractivity contribution >= 4 is 23.0 Å². The lowest BCUT2D eigenvalue weighted by molar-refractivity contribution is 0.297. The van der Waals surface area contributed by atoms with Crippen molar-refractivity contribution in [1.82, 2.24) is 15.5 Å². The molecule has 0 amide bonds. The molecule has 0 bridgehead atoms. The summed E-state index contributed by atoms with van der Waals surface area (Å²) in [4.78, 5) is 10.1. The number of benzene rings is 1. The first-order valence-electron chi connectivity index (χ1n) is 9.53. The molecule has 8 nitrogen and oxygen atoms in total. The summed E-state index contributed by atoms with van der Waals surface area (Å²) in [5.41, 5.74) is 0.860. The number of rotatable bonds is 6. The highest BCUT2D eigenvalue weighted by atomic mass is 32.1. The Morgan fingerprint density at radius 3 is 2.90 bits per heavy atom. The molecular formula is C20H23N5O3S. The maximum atomic E-state index is 5.78. The maximum Gasteiger partial charge on any atom is 0.248 e. The van der Waals surface area contributed by atoms with Gasteiger partial charge in [0, 0.05) is 29.6 Å². The minimum atomic E-state index is 0.291. The van der Waals surface area contributed by atoms with Gasteiger partial charge in [0.05, 0.1) is 13.2 Å². The number of nitrogens with zero attached hydrogens (tertiary/aromatic N) is 3. The summed E-state index contributed by atoms with van der Waals surface area (Å²) in [5, 5.41) is 12.6. The Bertz CT molecular complexity index is 955. The van der Waals surface area contributed by atoms with Gasteiger partial charge in [-0.3, -0.25) is 0 Å². The Morgan fingerprint density at radius 2 is 2.10 bits per heavy atom. The van der Waals surface area contributed by atoms with Crippen molar-refractivity contribution in [2.75, 3.05) is 25.1 Å². The van der Waals surface area contributed by atoms with Gasteiger partial charge in [-0.15, -0.1) is 11.3 Å². The van der Waals surface area contributed by atoms with Gasteiger partial charge in [-0.2, -0.15) is 4.98 Å². The number of anilines is 1. The number of guanidine groups is 1. The fourth-order valence-electron chi connectivity index (χ4n) is 2.83. The molecule has 0 unspecified atom stereocenters. The summed E-state index contributed by atoms with van der Waals surface area (Å²) in [5.74, 6) is 3.20. The third-order valence-corrected chi connectivity index (χ3v) is 5.13. The van der Waals surface area contributed by atoms with Crippen LogP contribution in [0.1, 0.15) is 23.0 Å². The Morgan fingerprint density at radius 1 is 1.21 bits per heavy atom. The highest BCUT2D eigenvalue weighted by Crippen LogP contribution is 2.32. The van der Waals surface area contributed by atoms with E-state index in [1.165, 1.54) is 4.88 Å². The van der Waals surface area contributed by atoms with E-state index in [9.17, 15) is 0 Å². The molecular weight excluding hydrogens is 390 g/mol. The summed E-state index contributed by atoms with van der Waals surface area (Å²) in [6.07, 6.45) is 1.79. The maximum absolute atomic E-state index is 5.78. The second-order valence-electron chi connectivity index (χ2n) is 6.49. The molecule has 9 heteroatoms. The first-order chi connectivity index (χ1) is 14.3. The van der Waals surface area contributed by atoms with Crippen LogP contribution in [-0.2, 0) is 13.0 Å². The molecule has 0 spiro atoms. The van der Waals surface area contributed by atoms with Crippen LogP contribution in [0.3, 0.4) is 0 Å². The fraction of sp³-hybridized carbons (Fsp3) is 0.350. The number of aryl methyl sites for hydroxylation is 1. The molecule has 0 aliphatic carbocycles. The zero-order chi connectivity index (χ0) is 19.9. The first-order valence-corrected chi connectivity index (χ1v) is 10.4. The van der Waals surface area contributed by atoms with Crippen LogP contribution >= 0.6 is 11.3 Å². The second kappa shape index (κ2) is 9.42. The van der Waals surface area contributed by atoms with Crippen LogP contribution in [-0.4, -0.2) is 35.9 Å². The van der Waals surface area contributed by atoms with E-state index in [1.54, 1.807) is 18.3 Å². The average Bonchev–Trinajstić information content (AvgIpc) is 3.32. The Balaban J connectivity index is 1.45. The van der Waals surface area contributed by atoms with Crippen molar-refractivity contribution in [3.63, 3.8) is 0 Å². The third-order valence-electron chi connectivity index (χ3n) is 4.20. The third kappa shape index (κ3) is 5.47. The molecule has 0 fully saturated rings. The number of ether oxygens (including phenoxy) is 2. The molecule has 29 heavy (non-hydrogen) atoms. The number of aromatic nitrogens is 2. The van der Waals surface area contributed by atoms with Gasteiger partial charge < -0.3 is 24.6 Å². The van der Waals surface area contributed by atoms with Crippen LogP contribution in [0.4, 0.5) is 5.69 Å². The number of fused-ring (bicyclic) bond motifs is 1. The predicted molar refractivity (Wildman–Crippen MR) is 112 cm³/mol. The summed E-state index contributed by atoms with van der Waals surface area (Å²) in [7, 11) is 0. The van der Waals surface area contributed by atoms with Gasteiger partial charge in [0.2, 0.25) is 5.89 Å². The van der Waals surface area contributed by atoms with E-state index < -0.39 is 0 Å². The molecule has 0 saturated carbocycles. The van der Waals surface area contributed by atoms with Gasteiger partial charge in [0.25, 0.3) is 0 Å². The second-order valence-corrected chi connectivity index (χ2v) is 7.53. The van der Waals surface area contributed by atoms with Gasteiger partial charge in [0.1, 0.15) is 6.54 Å². The van der Waals surface area contributed by atoms with Crippen molar-refractivity contribution in [3.05, 3.63) is 52.3 Å². The Labute approximate surface area is 173 Å². The molecule has 1 aliphatic rings. The summed E-state index contributed by atoms with van der Waals surface area (Å²) >= 11 is 1.75. The van der Waals surface area contributed by atoms with Gasteiger partial charge in [-0.05, 0) is 36.9 Å². The molecule has 1 aliphatic heterocycles. The highest BCUT2D eigenvalue weighted by molar-refractivity contribution is 7.09. The van der Waals surface area contributed by atoms with Crippen LogP contribution < -0.4 is 20.1 Å². The van der Waals surface area contributed by atoms with Gasteiger partial charge >= 0.3 is 0 Å². The van der Waals surface area contributed by atoms with Crippen LogP contribution in [0, 0.1) is 6.92 Å².